The smallest absolute Gasteiger partial charge is 0.0761 e. The molecule has 2 N–H and O–H groups in total. The predicted octanol–water partition coefficient (Wildman–Crippen LogP) is 2.48. The molecule has 1 aromatic rings. The number of nitrogens with zero attached hydrogens (tertiary/aromatic N) is 1. The molecule has 0 amide bonds. The third-order valence-corrected chi connectivity index (χ3v) is 3.78. The van der Waals surface area contributed by atoms with E-state index in [0.717, 1.165) is 18.5 Å². The second-order valence-electron chi connectivity index (χ2n) is 5.12. The largest absolute Gasteiger partial charge is 0.396 e. The molecule has 1 fully saturated rings. The standard InChI is InChI=1S/C15H23NO2/c1-12(18)13-6-8-15(9-7-13)16(10-3-11-17)14-4-2-5-14/h6-9,12,14,17-18H,2-5,10-11H2,1H3/t12-/m1/s1. The van der Waals surface area contributed by atoms with Crippen molar-refractivity contribution in [1.29, 1.82) is 0 Å². The van der Waals surface area contributed by atoms with Crippen molar-refractivity contribution in [1.82, 2.24) is 0 Å². The average Bonchev–Trinajstić information content (AvgIpc) is 2.32. The Kier molecular flexibility index (Phi) is 4.61. The van der Waals surface area contributed by atoms with Crippen LogP contribution in [0.25, 0.3) is 0 Å². The zero-order chi connectivity index (χ0) is 13.0. The fraction of sp³-hybridized carbons (Fsp3) is 0.600. The van der Waals surface area contributed by atoms with Gasteiger partial charge in [0.1, 0.15) is 0 Å². The van der Waals surface area contributed by atoms with Gasteiger partial charge in [0.15, 0.2) is 0 Å². The van der Waals surface area contributed by atoms with Gasteiger partial charge in [0.2, 0.25) is 0 Å². The summed E-state index contributed by atoms with van der Waals surface area (Å²) in [7, 11) is 0. The monoisotopic (exact) mass is 249 g/mol. The van der Waals surface area contributed by atoms with Gasteiger partial charge >= 0.3 is 0 Å². The highest BCUT2D eigenvalue weighted by Crippen LogP contribution is 2.30. The first-order chi connectivity index (χ1) is 8.72. The zero-order valence-electron chi connectivity index (χ0n) is 11.0. The van der Waals surface area contributed by atoms with Crippen LogP contribution in [0.2, 0.25) is 0 Å². The van der Waals surface area contributed by atoms with Crippen LogP contribution in [0.1, 0.15) is 44.3 Å². The average molecular weight is 249 g/mol. The van der Waals surface area contributed by atoms with Gasteiger partial charge in [-0.05, 0) is 50.3 Å². The van der Waals surface area contributed by atoms with Crippen LogP contribution >= 0.6 is 0 Å². The normalized spacial score (nSPS) is 17.3. The minimum atomic E-state index is -0.409. The molecule has 0 radical (unpaired) electrons. The molecule has 100 valence electrons. The highest BCUT2D eigenvalue weighted by molar-refractivity contribution is 5.49. The Balaban J connectivity index is 2.08. The molecule has 18 heavy (non-hydrogen) atoms. The number of hydrogen-bond acceptors (Lipinski definition) is 3. The molecule has 3 heteroatoms. The van der Waals surface area contributed by atoms with Crippen molar-refractivity contribution >= 4 is 5.69 Å². The molecular weight excluding hydrogens is 226 g/mol. The first-order valence-corrected chi connectivity index (χ1v) is 6.88. The number of hydrogen-bond donors (Lipinski definition) is 2. The molecular formula is C15H23NO2. The Morgan fingerprint density at radius 1 is 1.28 bits per heavy atom. The summed E-state index contributed by atoms with van der Waals surface area (Å²) >= 11 is 0. The molecule has 2 rings (SSSR count). The second kappa shape index (κ2) is 6.21. The molecule has 1 atom stereocenters. The molecule has 0 unspecified atom stereocenters. The predicted molar refractivity (Wildman–Crippen MR) is 73.8 cm³/mol. The van der Waals surface area contributed by atoms with E-state index in [4.69, 9.17) is 5.11 Å². The maximum absolute atomic E-state index is 9.51. The van der Waals surface area contributed by atoms with Crippen LogP contribution in [-0.2, 0) is 0 Å². The van der Waals surface area contributed by atoms with Gasteiger partial charge in [-0.15, -0.1) is 0 Å². The van der Waals surface area contributed by atoms with Gasteiger partial charge in [-0.1, -0.05) is 12.1 Å². The molecule has 0 aromatic heterocycles. The third-order valence-electron chi connectivity index (χ3n) is 3.78. The summed E-state index contributed by atoms with van der Waals surface area (Å²) in [6.45, 7) is 2.94. The van der Waals surface area contributed by atoms with Crippen molar-refractivity contribution in [3.63, 3.8) is 0 Å². The molecule has 0 saturated heterocycles. The molecule has 0 heterocycles. The van der Waals surface area contributed by atoms with Gasteiger partial charge in [-0.3, -0.25) is 0 Å². The van der Waals surface area contributed by atoms with E-state index in [2.05, 4.69) is 17.0 Å². The Bertz CT molecular complexity index is 357. The number of aliphatic hydroxyl groups excluding tert-OH is 2. The number of anilines is 1. The van der Waals surface area contributed by atoms with Crippen LogP contribution in [0.15, 0.2) is 24.3 Å². The van der Waals surface area contributed by atoms with Crippen LogP contribution in [0.5, 0.6) is 0 Å². The summed E-state index contributed by atoms with van der Waals surface area (Å²) in [5.41, 5.74) is 2.16. The summed E-state index contributed by atoms with van der Waals surface area (Å²) in [4.78, 5) is 2.39. The quantitative estimate of drug-likeness (QED) is 0.814. The molecule has 1 saturated carbocycles. The Hall–Kier alpha value is -1.06. The molecule has 1 aromatic carbocycles. The van der Waals surface area contributed by atoms with E-state index in [9.17, 15) is 5.11 Å². The topological polar surface area (TPSA) is 43.7 Å². The SMILES string of the molecule is C[C@@H](O)c1ccc(N(CCCO)C2CCC2)cc1. The van der Waals surface area contributed by atoms with E-state index in [1.165, 1.54) is 24.9 Å². The molecule has 0 aliphatic heterocycles. The lowest BCUT2D eigenvalue weighted by Crippen LogP contribution is -2.41. The summed E-state index contributed by atoms with van der Waals surface area (Å²) in [6.07, 6.45) is 4.22. The second-order valence-corrected chi connectivity index (χ2v) is 5.12. The van der Waals surface area contributed by atoms with Crippen LogP contribution in [0, 0.1) is 0 Å². The first kappa shape index (κ1) is 13.4. The van der Waals surface area contributed by atoms with E-state index >= 15 is 0 Å². The summed E-state index contributed by atoms with van der Waals surface area (Å²) < 4.78 is 0. The maximum Gasteiger partial charge on any atom is 0.0761 e. The van der Waals surface area contributed by atoms with E-state index in [-0.39, 0.29) is 6.61 Å². The lowest BCUT2D eigenvalue weighted by molar-refractivity contribution is 0.199. The van der Waals surface area contributed by atoms with E-state index in [1.54, 1.807) is 6.92 Å². The zero-order valence-corrected chi connectivity index (χ0v) is 11.0. The van der Waals surface area contributed by atoms with Gasteiger partial charge in [-0.25, -0.2) is 0 Å². The van der Waals surface area contributed by atoms with Crippen molar-refractivity contribution in [2.24, 2.45) is 0 Å². The lowest BCUT2D eigenvalue weighted by Gasteiger charge is -2.39. The van der Waals surface area contributed by atoms with Crippen molar-refractivity contribution in [3.05, 3.63) is 29.8 Å². The van der Waals surface area contributed by atoms with E-state index < -0.39 is 6.10 Å². The summed E-state index contributed by atoms with van der Waals surface area (Å²) in [5.74, 6) is 0. The molecule has 1 aliphatic carbocycles. The molecule has 3 nitrogen and oxygen atoms in total. The molecule has 0 spiro atoms. The van der Waals surface area contributed by atoms with Crippen LogP contribution in [0.3, 0.4) is 0 Å². The Labute approximate surface area is 109 Å². The number of aliphatic hydroxyl groups is 2. The van der Waals surface area contributed by atoms with Gasteiger partial charge in [0.05, 0.1) is 6.10 Å². The summed E-state index contributed by atoms with van der Waals surface area (Å²) in [6, 6.07) is 8.78. The molecule has 1 aliphatic rings. The van der Waals surface area contributed by atoms with Crippen molar-refractivity contribution in [2.45, 2.75) is 44.8 Å². The van der Waals surface area contributed by atoms with Crippen molar-refractivity contribution in [2.75, 3.05) is 18.1 Å². The van der Waals surface area contributed by atoms with E-state index in [1.807, 2.05) is 12.1 Å². The van der Waals surface area contributed by atoms with E-state index in [0.29, 0.717) is 6.04 Å². The number of benzene rings is 1. The Morgan fingerprint density at radius 2 is 1.94 bits per heavy atom. The van der Waals surface area contributed by atoms with Gasteiger partial charge in [0.25, 0.3) is 0 Å². The van der Waals surface area contributed by atoms with Crippen LogP contribution in [-0.4, -0.2) is 29.4 Å². The fourth-order valence-corrected chi connectivity index (χ4v) is 2.41. The minimum absolute atomic E-state index is 0.245. The lowest BCUT2D eigenvalue weighted by atomic mass is 9.90. The molecule has 0 bridgehead atoms. The van der Waals surface area contributed by atoms with Gasteiger partial charge in [-0.2, -0.15) is 0 Å². The van der Waals surface area contributed by atoms with Crippen molar-refractivity contribution < 1.29 is 10.2 Å². The van der Waals surface area contributed by atoms with Gasteiger partial charge < -0.3 is 15.1 Å². The highest BCUT2D eigenvalue weighted by atomic mass is 16.3. The highest BCUT2D eigenvalue weighted by Gasteiger charge is 2.24. The van der Waals surface area contributed by atoms with Crippen LogP contribution < -0.4 is 4.90 Å². The van der Waals surface area contributed by atoms with Crippen LogP contribution in [0.4, 0.5) is 5.69 Å². The third kappa shape index (κ3) is 3.03. The maximum atomic E-state index is 9.51. The van der Waals surface area contributed by atoms with Gasteiger partial charge in [0, 0.05) is 24.9 Å². The first-order valence-electron chi connectivity index (χ1n) is 6.88. The Morgan fingerprint density at radius 3 is 2.39 bits per heavy atom. The number of rotatable bonds is 6. The summed E-state index contributed by atoms with van der Waals surface area (Å²) in [5, 5.41) is 18.5. The van der Waals surface area contributed by atoms with Crippen molar-refractivity contribution in [3.8, 4) is 0 Å². The minimum Gasteiger partial charge on any atom is -0.396 e. The fourth-order valence-electron chi connectivity index (χ4n) is 2.41.